The summed E-state index contributed by atoms with van der Waals surface area (Å²) in [6.07, 6.45) is 0. The maximum atomic E-state index is 12.7. The Labute approximate surface area is 204 Å². The molecule has 0 radical (unpaired) electrons. The molecule has 0 aliphatic heterocycles. The number of benzene rings is 1. The fraction of sp³-hybridized carbons (Fsp3) is 0.619. The zero-order chi connectivity index (χ0) is 25.2. The van der Waals surface area contributed by atoms with Gasteiger partial charge in [-0.1, -0.05) is 42.8 Å². The van der Waals surface area contributed by atoms with Crippen LogP contribution < -0.4 is 4.74 Å². The highest BCUT2D eigenvalue weighted by Crippen LogP contribution is 2.42. The molecule has 12 heteroatoms. The third kappa shape index (κ3) is 9.48. The van der Waals surface area contributed by atoms with Crippen molar-refractivity contribution in [1.82, 2.24) is 0 Å². The van der Waals surface area contributed by atoms with Gasteiger partial charge in [-0.3, -0.25) is 19.7 Å². The summed E-state index contributed by atoms with van der Waals surface area (Å²) in [6.45, 7) is 9.21. The molecule has 9 nitrogen and oxygen atoms in total. The van der Waals surface area contributed by atoms with Gasteiger partial charge in [0.2, 0.25) is 6.54 Å². The molecule has 0 saturated heterocycles. The topological polar surface area (TPSA) is 114 Å². The first-order chi connectivity index (χ1) is 15.4. The minimum Gasteiger partial charge on any atom is -0.467 e. The first kappa shape index (κ1) is 29.1. The Bertz CT molecular complexity index is 813. The number of carbonyl (C=O) groups is 2. The molecule has 0 fully saturated rings. The Hall–Kier alpha value is -1.88. The van der Waals surface area contributed by atoms with Gasteiger partial charge >= 0.3 is 11.9 Å². The van der Waals surface area contributed by atoms with Crippen molar-refractivity contribution >= 4 is 43.2 Å². The fourth-order valence-electron chi connectivity index (χ4n) is 2.98. The van der Waals surface area contributed by atoms with E-state index in [0.717, 1.165) is 6.04 Å². The summed E-state index contributed by atoms with van der Waals surface area (Å²) in [5.74, 6) is -4.79. The van der Waals surface area contributed by atoms with Crippen LogP contribution in [-0.4, -0.2) is 58.1 Å². The molecule has 0 heterocycles. The lowest BCUT2D eigenvalue weighted by molar-refractivity contribution is -0.484. The number of esters is 2. The SMILES string of the molecule is CCOC(=O)C(C(=O)OCC)[C@H](C[N+](=O)[O-])c1c(OCOCC[Si](C)(C)C)ccc(Cl)c1Cl. The molecule has 0 amide bonds. The highest BCUT2D eigenvalue weighted by Gasteiger charge is 2.44. The predicted octanol–water partition coefficient (Wildman–Crippen LogP) is 4.79. The van der Waals surface area contributed by atoms with Crippen molar-refractivity contribution in [2.75, 3.05) is 33.2 Å². The standard InChI is InChI=1S/C21H31Cl2NO8Si/c1-6-30-20(25)18(21(26)31-7-2)14(12-24(27)28)17-16(9-8-15(22)19(17)23)32-13-29-10-11-33(3,4)5/h8-9,14,18H,6-7,10-13H2,1-5H3/t14-/m1/s1. The highest BCUT2D eigenvalue weighted by molar-refractivity contribution is 6.76. The lowest BCUT2D eigenvalue weighted by atomic mass is 9.85. The molecule has 1 aromatic rings. The molecule has 0 saturated carbocycles. The van der Waals surface area contributed by atoms with Crippen molar-refractivity contribution < 1.29 is 33.5 Å². The van der Waals surface area contributed by atoms with Gasteiger partial charge in [-0.05, 0) is 32.0 Å². The summed E-state index contributed by atoms with van der Waals surface area (Å²) in [5, 5.41) is 11.5. The summed E-state index contributed by atoms with van der Waals surface area (Å²) < 4.78 is 21.3. The molecular formula is C21H31Cl2NO8Si. The van der Waals surface area contributed by atoms with Gasteiger partial charge in [0.15, 0.2) is 12.7 Å². The van der Waals surface area contributed by atoms with Gasteiger partial charge in [0.05, 0.1) is 29.2 Å². The lowest BCUT2D eigenvalue weighted by Gasteiger charge is -2.25. The molecule has 186 valence electrons. The van der Waals surface area contributed by atoms with Crippen LogP contribution >= 0.6 is 23.2 Å². The van der Waals surface area contributed by atoms with E-state index < -0.39 is 43.3 Å². The van der Waals surface area contributed by atoms with Gasteiger partial charge in [0, 0.05) is 25.2 Å². The lowest BCUT2D eigenvalue weighted by Crippen LogP contribution is -2.37. The van der Waals surface area contributed by atoms with Crippen LogP contribution in [0.5, 0.6) is 5.75 Å². The molecule has 33 heavy (non-hydrogen) atoms. The van der Waals surface area contributed by atoms with Gasteiger partial charge in [-0.2, -0.15) is 0 Å². The van der Waals surface area contributed by atoms with E-state index in [0.29, 0.717) is 6.61 Å². The number of halogens is 2. The van der Waals surface area contributed by atoms with E-state index >= 15 is 0 Å². The predicted molar refractivity (Wildman–Crippen MR) is 127 cm³/mol. The van der Waals surface area contributed by atoms with Crippen LogP contribution in [0.2, 0.25) is 35.7 Å². The van der Waals surface area contributed by atoms with Crippen LogP contribution in [0.15, 0.2) is 12.1 Å². The van der Waals surface area contributed by atoms with Crippen molar-refractivity contribution in [2.24, 2.45) is 5.92 Å². The number of hydrogen-bond acceptors (Lipinski definition) is 8. The Morgan fingerprint density at radius 2 is 1.67 bits per heavy atom. The van der Waals surface area contributed by atoms with Gasteiger partial charge in [-0.25, -0.2) is 0 Å². The monoisotopic (exact) mass is 523 g/mol. The second kappa shape index (κ2) is 13.7. The molecule has 1 rings (SSSR count). The number of carbonyl (C=O) groups excluding carboxylic acids is 2. The van der Waals surface area contributed by atoms with E-state index in [2.05, 4.69) is 19.6 Å². The molecule has 0 bridgehead atoms. The molecule has 0 aliphatic carbocycles. The number of nitrogens with zero attached hydrogens (tertiary/aromatic N) is 1. The Balaban J connectivity index is 3.38. The fourth-order valence-corrected chi connectivity index (χ4v) is 4.19. The summed E-state index contributed by atoms with van der Waals surface area (Å²) in [6, 6.07) is 3.84. The maximum absolute atomic E-state index is 12.7. The second-order valence-corrected chi connectivity index (χ2v) is 14.8. The second-order valence-electron chi connectivity index (χ2n) is 8.36. The zero-order valence-electron chi connectivity index (χ0n) is 19.5. The number of ether oxygens (including phenoxy) is 4. The van der Waals surface area contributed by atoms with Gasteiger partial charge in [0.25, 0.3) is 0 Å². The van der Waals surface area contributed by atoms with Gasteiger partial charge < -0.3 is 18.9 Å². The van der Waals surface area contributed by atoms with E-state index in [1.165, 1.54) is 12.1 Å². The summed E-state index contributed by atoms with van der Waals surface area (Å²) in [4.78, 5) is 36.2. The molecule has 0 unspecified atom stereocenters. The summed E-state index contributed by atoms with van der Waals surface area (Å²) in [5.41, 5.74) is 0.0424. The molecule has 0 aliphatic rings. The molecule has 0 N–H and O–H groups in total. The van der Waals surface area contributed by atoms with Crippen LogP contribution in [0, 0.1) is 16.0 Å². The molecule has 1 atom stereocenters. The Morgan fingerprint density at radius 3 is 2.15 bits per heavy atom. The van der Waals surface area contributed by atoms with Crippen molar-refractivity contribution in [3.05, 3.63) is 37.9 Å². The number of rotatable bonds is 14. The van der Waals surface area contributed by atoms with E-state index in [4.69, 9.17) is 42.1 Å². The number of hydrogen-bond donors (Lipinski definition) is 0. The molecule has 0 spiro atoms. The largest absolute Gasteiger partial charge is 0.467 e. The smallest absolute Gasteiger partial charge is 0.321 e. The van der Waals surface area contributed by atoms with Crippen LogP contribution in [0.1, 0.15) is 25.3 Å². The first-order valence-electron chi connectivity index (χ1n) is 10.6. The molecular weight excluding hydrogens is 493 g/mol. The van der Waals surface area contributed by atoms with Crippen molar-refractivity contribution in [3.63, 3.8) is 0 Å². The summed E-state index contributed by atoms with van der Waals surface area (Å²) in [7, 11) is -1.30. The quantitative estimate of drug-likeness (QED) is 0.0649. The van der Waals surface area contributed by atoms with Gasteiger partial charge in [-0.15, -0.1) is 0 Å². The average molecular weight is 524 g/mol. The third-order valence-electron chi connectivity index (χ3n) is 4.59. The van der Waals surface area contributed by atoms with E-state index in [-0.39, 0.29) is 41.4 Å². The van der Waals surface area contributed by atoms with Crippen molar-refractivity contribution in [2.45, 2.75) is 45.5 Å². The summed E-state index contributed by atoms with van der Waals surface area (Å²) >= 11 is 12.6. The molecule has 0 aromatic heterocycles. The normalized spacial score (nSPS) is 12.4. The average Bonchev–Trinajstić information content (AvgIpc) is 2.69. The Kier molecular flexibility index (Phi) is 12.1. The third-order valence-corrected chi connectivity index (χ3v) is 7.11. The van der Waals surface area contributed by atoms with E-state index in [9.17, 15) is 19.7 Å². The van der Waals surface area contributed by atoms with Crippen LogP contribution in [0.25, 0.3) is 0 Å². The minimum atomic E-state index is -1.64. The maximum Gasteiger partial charge on any atom is 0.321 e. The minimum absolute atomic E-state index is 0.0303. The van der Waals surface area contributed by atoms with Crippen molar-refractivity contribution in [1.29, 1.82) is 0 Å². The van der Waals surface area contributed by atoms with Crippen LogP contribution in [0.3, 0.4) is 0 Å². The Morgan fingerprint density at radius 1 is 1.09 bits per heavy atom. The van der Waals surface area contributed by atoms with Gasteiger partial charge in [0.1, 0.15) is 5.75 Å². The van der Waals surface area contributed by atoms with Crippen molar-refractivity contribution in [3.8, 4) is 5.75 Å². The highest BCUT2D eigenvalue weighted by atomic mass is 35.5. The first-order valence-corrected chi connectivity index (χ1v) is 15.0. The zero-order valence-corrected chi connectivity index (χ0v) is 22.0. The van der Waals surface area contributed by atoms with E-state index in [1.807, 2.05) is 0 Å². The van der Waals surface area contributed by atoms with E-state index in [1.54, 1.807) is 13.8 Å². The number of nitro groups is 1. The molecule has 1 aromatic carbocycles. The van der Waals surface area contributed by atoms with Crippen LogP contribution in [-0.2, 0) is 23.8 Å². The van der Waals surface area contributed by atoms with Crippen LogP contribution in [0.4, 0.5) is 0 Å².